The van der Waals surface area contributed by atoms with Gasteiger partial charge in [-0.1, -0.05) is 30.3 Å². The summed E-state index contributed by atoms with van der Waals surface area (Å²) in [6, 6.07) is 20.8. The van der Waals surface area contributed by atoms with Gasteiger partial charge in [-0.05, 0) is 48.0 Å². The normalized spacial score (nSPS) is 19.7. The molecule has 2 atom stereocenters. The van der Waals surface area contributed by atoms with Crippen molar-refractivity contribution in [2.24, 2.45) is 0 Å². The average molecular weight is 516 g/mol. The molecule has 0 saturated carbocycles. The molecule has 0 aliphatic carbocycles. The van der Waals surface area contributed by atoms with Crippen molar-refractivity contribution < 1.29 is 28.6 Å². The summed E-state index contributed by atoms with van der Waals surface area (Å²) in [7, 11) is 1.49. The van der Waals surface area contributed by atoms with Crippen LogP contribution in [0.1, 0.15) is 32.7 Å². The third-order valence-electron chi connectivity index (χ3n) is 6.66. The molecule has 9 nitrogen and oxygen atoms in total. The fraction of sp³-hybridized carbons (Fsp3) is 0.276. The van der Waals surface area contributed by atoms with Crippen LogP contribution in [0.25, 0.3) is 0 Å². The first-order valence-electron chi connectivity index (χ1n) is 12.5. The van der Waals surface area contributed by atoms with E-state index in [-0.39, 0.29) is 36.2 Å². The number of methoxy groups -OCH3 is 1. The lowest BCUT2D eigenvalue weighted by atomic mass is 10.00. The van der Waals surface area contributed by atoms with Gasteiger partial charge >= 0.3 is 0 Å². The number of amides is 3. The predicted molar refractivity (Wildman–Crippen MR) is 139 cm³/mol. The number of nitrogens with zero attached hydrogens (tertiary/aromatic N) is 1. The summed E-state index contributed by atoms with van der Waals surface area (Å²) < 4.78 is 17.3. The van der Waals surface area contributed by atoms with Crippen molar-refractivity contribution in [2.75, 3.05) is 26.8 Å². The molecule has 0 unspecified atom stereocenters. The Kier molecular flexibility index (Phi) is 7.44. The van der Waals surface area contributed by atoms with Gasteiger partial charge in [-0.2, -0.15) is 0 Å². The van der Waals surface area contributed by atoms with Gasteiger partial charge in [0.25, 0.3) is 17.7 Å². The molecule has 3 aromatic carbocycles. The lowest BCUT2D eigenvalue weighted by Gasteiger charge is -2.39. The minimum Gasteiger partial charge on any atom is -0.493 e. The van der Waals surface area contributed by atoms with Crippen LogP contribution in [-0.4, -0.2) is 61.6 Å². The van der Waals surface area contributed by atoms with Crippen LogP contribution in [0.15, 0.2) is 72.8 Å². The number of fused-ring (bicyclic) bond motifs is 7. The molecule has 0 aromatic heterocycles. The second kappa shape index (κ2) is 11.2. The van der Waals surface area contributed by atoms with Gasteiger partial charge in [0, 0.05) is 37.2 Å². The molecule has 3 aliphatic rings. The van der Waals surface area contributed by atoms with Crippen LogP contribution in [0.2, 0.25) is 0 Å². The van der Waals surface area contributed by atoms with E-state index >= 15 is 0 Å². The number of benzene rings is 3. The zero-order valence-corrected chi connectivity index (χ0v) is 21.0. The number of piperidine rings is 1. The summed E-state index contributed by atoms with van der Waals surface area (Å²) in [4.78, 5) is 40.6. The molecule has 6 rings (SSSR count). The highest BCUT2D eigenvalue weighted by atomic mass is 16.5. The van der Waals surface area contributed by atoms with E-state index < -0.39 is 6.04 Å². The molecule has 0 radical (unpaired) electrons. The molecular formula is C29H29N3O6. The number of carbonyl (C=O) groups is 3. The molecule has 2 N–H and O–H groups in total. The van der Waals surface area contributed by atoms with E-state index in [2.05, 4.69) is 10.6 Å². The van der Waals surface area contributed by atoms with Crippen molar-refractivity contribution in [3.05, 3.63) is 89.5 Å². The first kappa shape index (κ1) is 25.1. The Labute approximate surface area is 220 Å². The topological polar surface area (TPSA) is 106 Å². The van der Waals surface area contributed by atoms with Crippen molar-refractivity contribution in [1.29, 1.82) is 0 Å². The van der Waals surface area contributed by atoms with E-state index in [4.69, 9.17) is 14.2 Å². The number of carbonyl (C=O) groups excluding carboxylic acids is 3. The van der Waals surface area contributed by atoms with E-state index in [9.17, 15) is 14.4 Å². The van der Waals surface area contributed by atoms with Crippen LogP contribution in [0, 0.1) is 0 Å². The Balaban J connectivity index is 1.44. The smallest absolute Gasteiger partial charge is 0.258 e. The van der Waals surface area contributed by atoms with Gasteiger partial charge in [-0.25, -0.2) is 0 Å². The van der Waals surface area contributed by atoms with E-state index in [1.165, 1.54) is 7.11 Å². The van der Waals surface area contributed by atoms with Crippen molar-refractivity contribution >= 4 is 17.7 Å². The van der Waals surface area contributed by atoms with Crippen molar-refractivity contribution in [3.63, 3.8) is 0 Å². The van der Waals surface area contributed by atoms with E-state index in [0.717, 1.165) is 5.56 Å². The molecule has 1 saturated heterocycles. The maximum atomic E-state index is 13.4. The summed E-state index contributed by atoms with van der Waals surface area (Å²) in [5.41, 5.74) is 1.83. The molecule has 3 aliphatic heterocycles. The number of hydrogen-bond donors (Lipinski definition) is 2. The maximum absolute atomic E-state index is 13.4. The molecule has 9 heteroatoms. The summed E-state index contributed by atoms with van der Waals surface area (Å²) in [6.45, 7) is 0.891. The molecule has 3 aromatic rings. The lowest BCUT2D eigenvalue weighted by molar-refractivity contribution is -0.123. The zero-order chi connectivity index (χ0) is 26.5. The molecular weight excluding hydrogens is 486 g/mol. The highest BCUT2D eigenvalue weighted by Gasteiger charge is 2.35. The quantitative estimate of drug-likeness (QED) is 0.544. The summed E-state index contributed by atoms with van der Waals surface area (Å²) >= 11 is 0. The largest absolute Gasteiger partial charge is 0.493 e. The Hall–Kier alpha value is -4.53. The van der Waals surface area contributed by atoms with Crippen LogP contribution < -0.4 is 24.8 Å². The van der Waals surface area contributed by atoms with E-state index in [0.29, 0.717) is 48.7 Å². The minimum absolute atomic E-state index is 0.0941. The van der Waals surface area contributed by atoms with E-state index in [1.54, 1.807) is 35.2 Å². The molecule has 38 heavy (non-hydrogen) atoms. The minimum atomic E-state index is -0.464. The van der Waals surface area contributed by atoms with Gasteiger partial charge in [-0.15, -0.1) is 0 Å². The molecule has 1 fully saturated rings. The van der Waals surface area contributed by atoms with Crippen LogP contribution in [0.5, 0.6) is 17.2 Å². The van der Waals surface area contributed by atoms with Gasteiger partial charge < -0.3 is 29.7 Å². The van der Waals surface area contributed by atoms with Crippen molar-refractivity contribution in [1.82, 2.24) is 15.5 Å². The summed E-state index contributed by atoms with van der Waals surface area (Å²) in [5, 5.41) is 5.88. The second-order valence-corrected chi connectivity index (χ2v) is 9.22. The van der Waals surface area contributed by atoms with Crippen molar-refractivity contribution in [2.45, 2.75) is 25.1 Å². The van der Waals surface area contributed by atoms with Crippen molar-refractivity contribution in [3.8, 4) is 17.2 Å². The standard InChI is InChI=1S/C29H29N3O6/c1-36-25-12-9-21-15-26(25)37-18-27(33)30-16-19-7-10-22(11-8-19)38-24-13-14-32(17-23(24)31-28(21)34)29(35)20-5-3-2-4-6-20/h2-12,15,23-24H,13-14,16-18H2,1H3,(H,30,33)(H,31,34)/t23-,24+/m0/s1. The van der Waals surface area contributed by atoms with Gasteiger partial charge in [0.2, 0.25) is 0 Å². The van der Waals surface area contributed by atoms with Crippen LogP contribution >= 0.6 is 0 Å². The van der Waals surface area contributed by atoms with E-state index in [1.807, 2.05) is 42.5 Å². The van der Waals surface area contributed by atoms with Crippen LogP contribution in [-0.2, 0) is 11.3 Å². The summed E-state index contributed by atoms with van der Waals surface area (Å²) in [5.74, 6) is 0.576. The number of hydrogen-bond acceptors (Lipinski definition) is 6. The Morgan fingerprint density at radius 3 is 2.58 bits per heavy atom. The third-order valence-corrected chi connectivity index (χ3v) is 6.66. The van der Waals surface area contributed by atoms with Gasteiger partial charge in [0.1, 0.15) is 11.9 Å². The van der Waals surface area contributed by atoms with Gasteiger partial charge in [0.15, 0.2) is 18.1 Å². The first-order valence-corrected chi connectivity index (χ1v) is 12.5. The number of rotatable bonds is 2. The molecule has 3 amide bonds. The Bertz CT molecular complexity index is 1310. The highest BCUT2D eigenvalue weighted by molar-refractivity contribution is 5.96. The average Bonchev–Trinajstić information content (AvgIpc) is 2.96. The summed E-state index contributed by atoms with van der Waals surface area (Å²) in [6.07, 6.45) is 0.187. The first-order chi connectivity index (χ1) is 18.5. The molecule has 3 heterocycles. The Morgan fingerprint density at radius 1 is 1.03 bits per heavy atom. The number of ether oxygens (including phenoxy) is 3. The molecule has 196 valence electrons. The maximum Gasteiger partial charge on any atom is 0.258 e. The van der Waals surface area contributed by atoms with Crippen LogP contribution in [0.4, 0.5) is 0 Å². The predicted octanol–water partition coefficient (Wildman–Crippen LogP) is 2.80. The molecule has 0 spiro atoms. The monoisotopic (exact) mass is 515 g/mol. The zero-order valence-electron chi connectivity index (χ0n) is 21.0. The lowest BCUT2D eigenvalue weighted by Crippen LogP contribution is -2.58. The second-order valence-electron chi connectivity index (χ2n) is 9.22. The van der Waals surface area contributed by atoms with Gasteiger partial charge in [-0.3, -0.25) is 14.4 Å². The SMILES string of the molecule is COc1ccc2cc1OCC(=O)NCc1ccc(cc1)O[C@@H]1CCN(C(=O)c3ccccc3)C[C@@H]1NC2=O. The molecule has 4 bridgehead atoms. The number of likely N-dealkylation sites (tertiary alicyclic amines) is 1. The fourth-order valence-electron chi connectivity index (χ4n) is 4.60. The third kappa shape index (κ3) is 5.72. The Morgan fingerprint density at radius 2 is 1.82 bits per heavy atom. The van der Waals surface area contributed by atoms with Crippen LogP contribution in [0.3, 0.4) is 0 Å². The fourth-order valence-corrected chi connectivity index (χ4v) is 4.60. The highest BCUT2D eigenvalue weighted by Crippen LogP contribution is 2.29. The van der Waals surface area contributed by atoms with Gasteiger partial charge in [0.05, 0.1) is 13.2 Å². The number of nitrogens with one attached hydrogen (secondary N) is 2.